The topological polar surface area (TPSA) is 73.1 Å². The molecule has 1 rings (SSSR count). The van der Waals surface area contributed by atoms with Crippen LogP contribution in [0.25, 0.3) is 0 Å². The molecule has 96 valence electrons. The zero-order chi connectivity index (χ0) is 13.6. The Balaban J connectivity index is 2.68. The van der Waals surface area contributed by atoms with Crippen LogP contribution in [-0.4, -0.2) is 30.1 Å². The number of aliphatic hydroxyl groups excluding tert-OH is 1. The van der Waals surface area contributed by atoms with E-state index in [2.05, 4.69) is 0 Å². The largest absolute Gasteiger partial charge is 0.390 e. The monoisotopic (exact) mass is 254 g/mol. The van der Waals surface area contributed by atoms with Crippen LogP contribution in [0.2, 0.25) is 0 Å². The van der Waals surface area contributed by atoms with Gasteiger partial charge in [0.2, 0.25) is 5.91 Å². The quantitative estimate of drug-likeness (QED) is 0.824. The third-order valence-electron chi connectivity index (χ3n) is 2.28. The Morgan fingerprint density at radius 3 is 2.56 bits per heavy atom. The van der Waals surface area contributed by atoms with Crippen molar-refractivity contribution >= 4 is 5.91 Å². The van der Waals surface area contributed by atoms with Crippen molar-refractivity contribution in [2.75, 3.05) is 13.2 Å². The van der Waals surface area contributed by atoms with Gasteiger partial charge in [0.15, 0.2) is 0 Å². The summed E-state index contributed by atoms with van der Waals surface area (Å²) in [5.41, 5.74) is 0.435. The highest BCUT2D eigenvalue weighted by molar-refractivity contribution is 5.86. The number of benzene rings is 1. The van der Waals surface area contributed by atoms with Gasteiger partial charge in [-0.15, -0.1) is 0 Å². The number of halogens is 2. The first-order valence-corrected chi connectivity index (χ1v) is 5.21. The number of carbonyl (C=O) groups is 1. The molecule has 0 aliphatic rings. The molecule has 0 spiro atoms. The predicted molar refractivity (Wildman–Crippen MR) is 59.8 cm³/mol. The summed E-state index contributed by atoms with van der Waals surface area (Å²) in [6.07, 6.45) is 0. The molecule has 1 unspecified atom stereocenters. The SMILES string of the molecule is N#CC(C(=O)NCC(F)(F)CO)c1ccccc1. The van der Waals surface area contributed by atoms with Gasteiger partial charge in [-0.2, -0.15) is 5.26 Å². The highest BCUT2D eigenvalue weighted by atomic mass is 19.3. The maximum atomic E-state index is 12.7. The number of hydrogen-bond acceptors (Lipinski definition) is 3. The van der Waals surface area contributed by atoms with Crippen molar-refractivity contribution in [3.8, 4) is 6.07 Å². The molecule has 2 N–H and O–H groups in total. The number of nitrogens with zero attached hydrogens (tertiary/aromatic N) is 1. The van der Waals surface area contributed by atoms with Crippen molar-refractivity contribution in [2.24, 2.45) is 0 Å². The first-order valence-electron chi connectivity index (χ1n) is 5.21. The average Bonchev–Trinajstić information content (AvgIpc) is 2.39. The van der Waals surface area contributed by atoms with Crippen molar-refractivity contribution in [1.82, 2.24) is 5.32 Å². The van der Waals surface area contributed by atoms with E-state index in [4.69, 9.17) is 10.4 Å². The predicted octanol–water partition coefficient (Wildman–Crippen LogP) is 1.04. The fraction of sp³-hybridized carbons (Fsp3) is 0.333. The minimum absolute atomic E-state index is 0.435. The van der Waals surface area contributed by atoms with Crippen LogP contribution in [0.4, 0.5) is 8.78 Å². The molecule has 6 heteroatoms. The van der Waals surface area contributed by atoms with Crippen LogP contribution in [0.3, 0.4) is 0 Å². The molecule has 0 radical (unpaired) electrons. The molecular weight excluding hydrogens is 242 g/mol. The van der Waals surface area contributed by atoms with Gasteiger partial charge in [0.25, 0.3) is 5.92 Å². The first kappa shape index (κ1) is 14.1. The standard InChI is InChI=1S/C12H12F2N2O2/c13-12(14,8-17)7-16-11(18)10(6-15)9-4-2-1-3-5-9/h1-5,10,17H,7-8H2,(H,16,18). The van der Waals surface area contributed by atoms with E-state index in [0.717, 1.165) is 0 Å². The Morgan fingerprint density at radius 2 is 2.06 bits per heavy atom. The van der Waals surface area contributed by atoms with E-state index in [1.165, 1.54) is 0 Å². The first-order chi connectivity index (χ1) is 8.50. The maximum Gasteiger partial charge on any atom is 0.287 e. The number of hydrogen-bond donors (Lipinski definition) is 2. The van der Waals surface area contributed by atoms with Crippen LogP contribution < -0.4 is 5.32 Å². The fourth-order valence-corrected chi connectivity index (χ4v) is 1.30. The Morgan fingerprint density at radius 1 is 1.44 bits per heavy atom. The molecule has 1 atom stereocenters. The van der Waals surface area contributed by atoms with Gasteiger partial charge in [0.1, 0.15) is 12.5 Å². The van der Waals surface area contributed by atoms with E-state index >= 15 is 0 Å². The number of amides is 1. The zero-order valence-electron chi connectivity index (χ0n) is 9.44. The molecule has 4 nitrogen and oxygen atoms in total. The highest BCUT2D eigenvalue weighted by Crippen LogP contribution is 2.16. The molecule has 0 bridgehead atoms. The van der Waals surface area contributed by atoms with Crippen LogP contribution >= 0.6 is 0 Å². The van der Waals surface area contributed by atoms with Gasteiger partial charge in [-0.25, -0.2) is 8.78 Å². The van der Waals surface area contributed by atoms with Crippen LogP contribution in [0.1, 0.15) is 11.5 Å². The van der Waals surface area contributed by atoms with E-state index < -0.39 is 30.9 Å². The second-order valence-electron chi connectivity index (χ2n) is 3.70. The van der Waals surface area contributed by atoms with Gasteiger partial charge < -0.3 is 10.4 Å². The van der Waals surface area contributed by atoms with E-state index in [-0.39, 0.29) is 0 Å². The van der Waals surface area contributed by atoms with Crippen LogP contribution in [-0.2, 0) is 4.79 Å². The van der Waals surface area contributed by atoms with E-state index in [9.17, 15) is 13.6 Å². The maximum absolute atomic E-state index is 12.7. The lowest BCUT2D eigenvalue weighted by atomic mass is 10.00. The normalized spacial score (nSPS) is 12.6. The lowest BCUT2D eigenvalue weighted by Crippen LogP contribution is -2.40. The van der Waals surface area contributed by atoms with Crippen molar-refractivity contribution in [1.29, 1.82) is 5.26 Å². The minimum Gasteiger partial charge on any atom is -0.390 e. The minimum atomic E-state index is -3.38. The number of nitriles is 1. The molecule has 0 fully saturated rings. The van der Waals surface area contributed by atoms with Gasteiger partial charge in [-0.3, -0.25) is 4.79 Å². The Labute approximate surface area is 103 Å². The smallest absolute Gasteiger partial charge is 0.287 e. The summed E-state index contributed by atoms with van der Waals surface area (Å²) in [4.78, 5) is 11.6. The lowest BCUT2D eigenvalue weighted by Gasteiger charge is -2.15. The van der Waals surface area contributed by atoms with Crippen molar-refractivity contribution < 1.29 is 18.7 Å². The summed E-state index contributed by atoms with van der Waals surface area (Å²) in [5, 5.41) is 19.2. The molecule has 0 saturated carbocycles. The number of aliphatic hydroxyl groups is 1. The summed E-state index contributed by atoms with van der Waals surface area (Å²) in [7, 11) is 0. The number of carbonyl (C=O) groups excluding carboxylic acids is 1. The Kier molecular flexibility index (Phi) is 4.75. The number of rotatable bonds is 5. The molecule has 1 aromatic carbocycles. The summed E-state index contributed by atoms with van der Waals surface area (Å²) in [5.74, 6) is -5.33. The Hall–Kier alpha value is -2.00. The van der Waals surface area contributed by atoms with Gasteiger partial charge in [0.05, 0.1) is 12.6 Å². The fourth-order valence-electron chi connectivity index (χ4n) is 1.30. The third kappa shape index (κ3) is 3.79. The summed E-state index contributed by atoms with van der Waals surface area (Å²) >= 11 is 0. The molecule has 0 aliphatic carbocycles. The summed E-state index contributed by atoms with van der Waals surface area (Å²) < 4.78 is 25.5. The van der Waals surface area contributed by atoms with Crippen molar-refractivity contribution in [3.63, 3.8) is 0 Å². The van der Waals surface area contributed by atoms with Crippen molar-refractivity contribution in [2.45, 2.75) is 11.8 Å². The zero-order valence-corrected chi connectivity index (χ0v) is 9.44. The lowest BCUT2D eigenvalue weighted by molar-refractivity contribution is -0.124. The van der Waals surface area contributed by atoms with E-state index in [0.29, 0.717) is 5.56 Å². The second-order valence-corrected chi connectivity index (χ2v) is 3.70. The molecule has 18 heavy (non-hydrogen) atoms. The summed E-state index contributed by atoms with van der Waals surface area (Å²) in [6, 6.07) is 9.90. The van der Waals surface area contributed by atoms with Gasteiger partial charge >= 0.3 is 0 Å². The molecule has 0 heterocycles. The molecule has 0 aromatic heterocycles. The molecule has 1 amide bonds. The highest BCUT2D eigenvalue weighted by Gasteiger charge is 2.30. The van der Waals surface area contributed by atoms with Crippen LogP contribution in [0.5, 0.6) is 0 Å². The van der Waals surface area contributed by atoms with Gasteiger partial charge in [-0.05, 0) is 5.56 Å². The van der Waals surface area contributed by atoms with Gasteiger partial charge in [0, 0.05) is 0 Å². The number of alkyl halides is 2. The van der Waals surface area contributed by atoms with Gasteiger partial charge in [-0.1, -0.05) is 30.3 Å². The Bertz CT molecular complexity index is 443. The molecule has 0 saturated heterocycles. The van der Waals surface area contributed by atoms with Crippen molar-refractivity contribution in [3.05, 3.63) is 35.9 Å². The van der Waals surface area contributed by atoms with E-state index in [1.54, 1.807) is 36.4 Å². The molecule has 0 aliphatic heterocycles. The third-order valence-corrected chi connectivity index (χ3v) is 2.28. The molecular formula is C12H12F2N2O2. The van der Waals surface area contributed by atoms with E-state index in [1.807, 2.05) is 5.32 Å². The van der Waals surface area contributed by atoms with Crippen LogP contribution in [0, 0.1) is 11.3 Å². The molecule has 1 aromatic rings. The number of nitrogens with one attached hydrogen (secondary N) is 1. The van der Waals surface area contributed by atoms with Crippen LogP contribution in [0.15, 0.2) is 30.3 Å². The second kappa shape index (κ2) is 6.07. The average molecular weight is 254 g/mol. The summed E-state index contributed by atoms with van der Waals surface area (Å²) in [6.45, 7) is -2.34.